The van der Waals surface area contributed by atoms with Gasteiger partial charge in [0.1, 0.15) is 24.4 Å². The summed E-state index contributed by atoms with van der Waals surface area (Å²) in [6, 6.07) is 15.9. The highest BCUT2D eigenvalue weighted by atomic mass is 16.4. The largest absolute Gasteiger partial charge is 0.478 e. The lowest BCUT2D eigenvalue weighted by Crippen LogP contribution is -2.42. The summed E-state index contributed by atoms with van der Waals surface area (Å²) in [6.45, 7) is 8.50. The number of benzene rings is 3. The average molecular weight is 440 g/mol. The molecule has 0 amide bonds. The van der Waals surface area contributed by atoms with Crippen molar-refractivity contribution in [2.45, 2.75) is 26.7 Å². The molecule has 1 aliphatic carbocycles. The van der Waals surface area contributed by atoms with Crippen molar-refractivity contribution in [1.82, 2.24) is 4.58 Å². The van der Waals surface area contributed by atoms with Crippen LogP contribution < -0.4 is 14.8 Å². The van der Waals surface area contributed by atoms with Crippen molar-refractivity contribution >= 4 is 22.6 Å². The van der Waals surface area contributed by atoms with Gasteiger partial charge in [-0.2, -0.15) is 0 Å². The Kier molecular flexibility index (Phi) is 4.54. The normalized spacial score (nSPS) is 15.6. The molecular weight excluding hydrogens is 412 g/mol. The molecule has 4 aliphatic rings. The molecule has 0 bridgehead atoms. The first-order valence-electron chi connectivity index (χ1n) is 11.7. The monoisotopic (exact) mass is 439 g/mol. The maximum atomic E-state index is 12.1. The Morgan fingerprint density at radius 2 is 1.76 bits per heavy atom. The van der Waals surface area contributed by atoms with Crippen LogP contribution in [0.25, 0.3) is 33.4 Å². The molecule has 0 atom stereocenters. The molecule has 0 aromatic heterocycles. The van der Waals surface area contributed by atoms with E-state index in [9.17, 15) is 9.90 Å². The third-order valence-electron chi connectivity index (χ3n) is 7.18. The van der Waals surface area contributed by atoms with Gasteiger partial charge in [-0.3, -0.25) is 0 Å². The number of nitrogens with zero attached hydrogens (tertiary/aromatic N) is 2. The SMILES string of the molecule is Cc1cc2c(-c3ccccc3C(=O)O)c3cc(C)c(=[N+]4CCC4)cc-3oc2cc1N1CCC1. The second kappa shape index (κ2) is 7.48. The number of carboxylic acid groups (broad SMARTS) is 1. The van der Waals surface area contributed by atoms with Gasteiger partial charge in [0, 0.05) is 46.9 Å². The topological polar surface area (TPSA) is 56.7 Å². The Bertz CT molecular complexity index is 1470. The van der Waals surface area contributed by atoms with E-state index in [0.29, 0.717) is 5.56 Å². The van der Waals surface area contributed by atoms with Gasteiger partial charge in [0.15, 0.2) is 0 Å². The Morgan fingerprint density at radius 1 is 0.970 bits per heavy atom. The number of carbonyl (C=O) groups is 1. The van der Waals surface area contributed by atoms with E-state index >= 15 is 0 Å². The molecule has 6 rings (SSSR count). The molecule has 33 heavy (non-hydrogen) atoms. The lowest BCUT2D eigenvalue weighted by molar-refractivity contribution is 0.0697. The van der Waals surface area contributed by atoms with E-state index in [-0.39, 0.29) is 0 Å². The summed E-state index contributed by atoms with van der Waals surface area (Å²) in [6.07, 6.45) is 2.42. The number of aromatic carboxylic acids is 1. The summed E-state index contributed by atoms with van der Waals surface area (Å²) in [7, 11) is 0. The highest BCUT2D eigenvalue weighted by Gasteiger charge is 2.26. The second-order valence-corrected chi connectivity index (χ2v) is 9.28. The third-order valence-corrected chi connectivity index (χ3v) is 7.18. The first-order valence-corrected chi connectivity index (χ1v) is 11.7. The first kappa shape index (κ1) is 20.0. The first-order chi connectivity index (χ1) is 16.0. The predicted molar refractivity (Wildman–Crippen MR) is 131 cm³/mol. The molecule has 0 saturated carbocycles. The molecule has 166 valence electrons. The highest BCUT2D eigenvalue weighted by Crippen LogP contribution is 2.43. The summed E-state index contributed by atoms with van der Waals surface area (Å²) < 4.78 is 8.91. The molecule has 2 fully saturated rings. The molecule has 2 aromatic rings. The minimum absolute atomic E-state index is 0.306. The van der Waals surface area contributed by atoms with Crippen molar-refractivity contribution in [3.63, 3.8) is 0 Å². The van der Waals surface area contributed by atoms with Crippen LogP contribution in [0.2, 0.25) is 0 Å². The quantitative estimate of drug-likeness (QED) is 0.364. The fraction of sp³-hybridized carbons (Fsp3) is 0.286. The zero-order valence-electron chi connectivity index (χ0n) is 19.0. The Labute approximate surface area is 192 Å². The van der Waals surface area contributed by atoms with E-state index in [1.165, 1.54) is 35.0 Å². The Morgan fingerprint density at radius 3 is 2.42 bits per heavy atom. The van der Waals surface area contributed by atoms with E-state index in [4.69, 9.17) is 4.42 Å². The summed E-state index contributed by atoms with van der Waals surface area (Å²) in [5, 5.41) is 12.1. The van der Waals surface area contributed by atoms with Crippen LogP contribution in [-0.4, -0.2) is 37.3 Å². The molecule has 3 heterocycles. The van der Waals surface area contributed by atoms with Crippen molar-refractivity contribution in [2.75, 3.05) is 31.1 Å². The zero-order chi connectivity index (χ0) is 22.7. The standard InChI is InChI=1S/C28H26N2O3/c1-17-13-21-25(15-23(17)29-9-5-10-29)33-26-16-24(30-11-6-12-30)18(2)14-22(26)27(21)19-7-3-4-8-20(19)28(31)32/h3-4,7-8,13-16H,5-6,9-12H2,1-2H3/p+1. The van der Waals surface area contributed by atoms with Crippen molar-refractivity contribution in [3.8, 4) is 22.5 Å². The Hall–Kier alpha value is -3.60. The number of hydrogen-bond donors (Lipinski definition) is 1. The molecule has 1 N–H and O–H groups in total. The van der Waals surface area contributed by atoms with Crippen molar-refractivity contribution in [3.05, 3.63) is 70.6 Å². The maximum absolute atomic E-state index is 12.1. The van der Waals surface area contributed by atoms with Crippen LogP contribution in [-0.2, 0) is 0 Å². The smallest absolute Gasteiger partial charge is 0.336 e. The van der Waals surface area contributed by atoms with Gasteiger partial charge in [-0.15, -0.1) is 0 Å². The van der Waals surface area contributed by atoms with E-state index < -0.39 is 5.97 Å². The minimum atomic E-state index is -0.921. The number of hydrogen-bond acceptors (Lipinski definition) is 3. The third kappa shape index (κ3) is 3.14. The van der Waals surface area contributed by atoms with Crippen LogP contribution in [0.5, 0.6) is 0 Å². The molecular formula is C28H27N2O3+. The fourth-order valence-electron chi connectivity index (χ4n) is 5.15. The van der Waals surface area contributed by atoms with Crippen LogP contribution in [0.15, 0.2) is 52.9 Å². The van der Waals surface area contributed by atoms with Gasteiger partial charge in [-0.25, -0.2) is 9.37 Å². The molecule has 5 nitrogen and oxygen atoms in total. The van der Waals surface area contributed by atoms with Gasteiger partial charge in [0.2, 0.25) is 5.36 Å². The second-order valence-electron chi connectivity index (χ2n) is 9.28. The van der Waals surface area contributed by atoms with Gasteiger partial charge >= 0.3 is 5.97 Å². The molecule has 3 aliphatic heterocycles. The van der Waals surface area contributed by atoms with Crippen LogP contribution in [0.1, 0.15) is 34.3 Å². The van der Waals surface area contributed by atoms with Gasteiger partial charge in [0.25, 0.3) is 0 Å². The fourth-order valence-corrected chi connectivity index (χ4v) is 5.15. The number of aryl methyl sites for hydroxylation is 2. The molecule has 2 aromatic carbocycles. The van der Waals surface area contributed by atoms with E-state index in [2.05, 4.69) is 47.6 Å². The van der Waals surface area contributed by atoms with Crippen LogP contribution in [0, 0.1) is 13.8 Å². The van der Waals surface area contributed by atoms with E-state index in [0.717, 1.165) is 59.6 Å². The van der Waals surface area contributed by atoms with Crippen molar-refractivity contribution < 1.29 is 14.3 Å². The molecule has 2 saturated heterocycles. The van der Waals surface area contributed by atoms with Crippen LogP contribution >= 0.6 is 0 Å². The van der Waals surface area contributed by atoms with Gasteiger partial charge in [-0.1, -0.05) is 18.2 Å². The van der Waals surface area contributed by atoms with Gasteiger partial charge in [-0.05, 0) is 49.6 Å². The Balaban J connectivity index is 1.74. The predicted octanol–water partition coefficient (Wildman–Crippen LogP) is 4.91. The van der Waals surface area contributed by atoms with Crippen molar-refractivity contribution in [2.24, 2.45) is 0 Å². The minimum Gasteiger partial charge on any atom is -0.478 e. The number of carboxylic acids is 1. The van der Waals surface area contributed by atoms with E-state index in [1.54, 1.807) is 12.1 Å². The van der Waals surface area contributed by atoms with Gasteiger partial charge < -0.3 is 14.4 Å². The number of fused-ring (bicyclic) bond motifs is 2. The molecule has 0 radical (unpaired) electrons. The summed E-state index contributed by atoms with van der Waals surface area (Å²) in [4.78, 5) is 14.5. The maximum Gasteiger partial charge on any atom is 0.336 e. The van der Waals surface area contributed by atoms with Gasteiger partial charge in [0.05, 0.1) is 18.1 Å². The zero-order valence-corrected chi connectivity index (χ0v) is 19.0. The molecule has 5 heteroatoms. The summed E-state index contributed by atoms with van der Waals surface area (Å²) in [5.74, 6) is -0.126. The number of rotatable bonds is 3. The van der Waals surface area contributed by atoms with Crippen molar-refractivity contribution in [1.29, 1.82) is 0 Å². The van der Waals surface area contributed by atoms with Crippen LogP contribution in [0.3, 0.4) is 0 Å². The van der Waals surface area contributed by atoms with E-state index in [1.807, 2.05) is 12.1 Å². The summed E-state index contributed by atoms with van der Waals surface area (Å²) >= 11 is 0. The molecule has 0 spiro atoms. The average Bonchev–Trinajstić information content (AvgIpc) is 2.71. The summed E-state index contributed by atoms with van der Waals surface area (Å²) in [5.41, 5.74) is 7.27. The lowest BCUT2D eigenvalue weighted by atomic mass is 9.89. The lowest BCUT2D eigenvalue weighted by Gasteiger charge is -2.34. The molecule has 0 unspecified atom stereocenters. The van der Waals surface area contributed by atoms with Crippen LogP contribution in [0.4, 0.5) is 5.69 Å². The highest BCUT2D eigenvalue weighted by molar-refractivity contribution is 6.08. The number of anilines is 1.